The molecule has 0 aliphatic heterocycles. The molecule has 0 bridgehead atoms. The van der Waals surface area contributed by atoms with Gasteiger partial charge in [-0.15, -0.1) is 0 Å². The lowest BCUT2D eigenvalue weighted by Crippen LogP contribution is -1.93. The fourth-order valence-corrected chi connectivity index (χ4v) is 11.2. The predicted molar refractivity (Wildman–Crippen MR) is 248 cm³/mol. The number of fused-ring (bicyclic) bond motifs is 20. The molecule has 0 spiro atoms. The Kier molecular flexibility index (Phi) is 5.38. The largest absolute Gasteiger partial charge is 0.309 e. The van der Waals surface area contributed by atoms with Gasteiger partial charge < -0.3 is 8.97 Å². The van der Waals surface area contributed by atoms with Crippen LogP contribution in [0.5, 0.6) is 0 Å². The van der Waals surface area contributed by atoms with Crippen LogP contribution in [-0.4, -0.2) is 18.4 Å². The number of hydrogen-bond donors (Lipinski definition) is 0. The van der Waals surface area contributed by atoms with Crippen molar-refractivity contribution in [2.45, 2.75) is 0 Å². The highest BCUT2D eigenvalue weighted by atomic mass is 15.0. The van der Waals surface area contributed by atoms with Crippen molar-refractivity contribution in [3.63, 3.8) is 0 Å². The van der Waals surface area contributed by atoms with Crippen molar-refractivity contribution >= 4 is 120 Å². The SMILES string of the molecule is c1ccc(-n2c3ccccc3c3cc(-c4cccc5c6c7ccccc7cc7c8c9c%10cc%11ccccc%11c%11c%12ccccc%12n(c9ncc8n(c45)c76)c%10%11)ccc32)cc1. The number of benzene rings is 9. The van der Waals surface area contributed by atoms with E-state index in [9.17, 15) is 0 Å². The van der Waals surface area contributed by atoms with Crippen LogP contribution >= 0.6 is 0 Å². The molecular weight excluding hydrogens is 717 g/mol. The van der Waals surface area contributed by atoms with Gasteiger partial charge in [-0.25, -0.2) is 4.98 Å². The molecule has 0 aliphatic carbocycles. The highest BCUT2D eigenvalue weighted by molar-refractivity contribution is 6.40. The summed E-state index contributed by atoms with van der Waals surface area (Å²) in [4.78, 5) is 5.46. The number of para-hydroxylation sites is 4. The molecule has 4 nitrogen and oxygen atoms in total. The lowest BCUT2D eigenvalue weighted by Gasteiger charge is -2.09. The average molecular weight is 747 g/mol. The third-order valence-corrected chi connectivity index (χ3v) is 13.5. The molecule has 0 fully saturated rings. The van der Waals surface area contributed by atoms with Crippen LogP contribution in [0, 0.1) is 0 Å². The number of nitrogens with zero attached hydrogens (tertiary/aromatic N) is 4. The summed E-state index contributed by atoms with van der Waals surface area (Å²) in [6, 6.07) is 64.9. The van der Waals surface area contributed by atoms with Crippen molar-refractivity contribution in [2.24, 2.45) is 0 Å². The van der Waals surface area contributed by atoms with E-state index >= 15 is 0 Å². The first kappa shape index (κ1) is 30.2. The Bertz CT molecular complexity index is 4300. The maximum atomic E-state index is 5.46. The van der Waals surface area contributed by atoms with E-state index in [-0.39, 0.29) is 0 Å². The summed E-state index contributed by atoms with van der Waals surface area (Å²) in [7, 11) is 0. The van der Waals surface area contributed by atoms with Crippen LogP contribution in [0.15, 0.2) is 182 Å². The number of pyridine rings is 1. The predicted octanol–water partition coefficient (Wildman–Crippen LogP) is 14.5. The van der Waals surface area contributed by atoms with Crippen LogP contribution in [-0.2, 0) is 0 Å². The minimum atomic E-state index is 1.01. The summed E-state index contributed by atoms with van der Waals surface area (Å²) in [5.74, 6) is 0. The summed E-state index contributed by atoms with van der Waals surface area (Å²) < 4.78 is 7.37. The Labute approximate surface area is 335 Å². The Hall–Kier alpha value is -7.95. The molecule has 9 aromatic carbocycles. The maximum absolute atomic E-state index is 5.46. The zero-order valence-electron chi connectivity index (χ0n) is 31.6. The van der Waals surface area contributed by atoms with Crippen molar-refractivity contribution in [1.29, 1.82) is 0 Å². The number of aromatic nitrogens is 4. The first-order valence-electron chi connectivity index (χ1n) is 20.4. The molecule has 0 radical (unpaired) electrons. The molecule has 0 saturated heterocycles. The minimum absolute atomic E-state index is 1.01. The van der Waals surface area contributed by atoms with Crippen molar-refractivity contribution in [3.8, 4) is 16.8 Å². The molecule has 0 aliphatic rings. The second-order valence-corrected chi connectivity index (χ2v) is 16.3. The minimum Gasteiger partial charge on any atom is -0.309 e. The van der Waals surface area contributed by atoms with Gasteiger partial charge in [-0.2, -0.15) is 0 Å². The van der Waals surface area contributed by atoms with Crippen LogP contribution < -0.4 is 0 Å². The molecule has 59 heavy (non-hydrogen) atoms. The van der Waals surface area contributed by atoms with Gasteiger partial charge in [0, 0.05) is 65.1 Å². The standard InChI is InChI=1S/C55H30N4/c1-2-15-34(16-3-1)57-44-23-10-8-19-38(44)41-27-33(25-26-46(41)57)37-21-12-22-40-49-36-18-7-5-13-31(36)28-42-50-47(58(52(37)40)53(42)49)30-56-55-51(50)43-29-32-14-4-6-17-35(32)48-39-20-9-11-24-45(39)59(55)54(43)48/h1-30H. The lowest BCUT2D eigenvalue weighted by atomic mass is 9.96. The van der Waals surface area contributed by atoms with Crippen molar-refractivity contribution in [3.05, 3.63) is 182 Å². The first-order valence-corrected chi connectivity index (χ1v) is 20.4. The Morgan fingerprint density at radius 3 is 1.75 bits per heavy atom. The fraction of sp³-hybridized carbons (Fsp3) is 0. The molecule has 0 saturated carbocycles. The summed E-state index contributed by atoms with van der Waals surface area (Å²) >= 11 is 0. The highest BCUT2D eigenvalue weighted by Gasteiger charge is 2.28. The second kappa shape index (κ2) is 10.5. The smallest absolute Gasteiger partial charge is 0.146 e. The summed E-state index contributed by atoms with van der Waals surface area (Å²) in [6.07, 6.45) is 2.15. The number of rotatable bonds is 2. The van der Waals surface area contributed by atoms with Crippen LogP contribution in [0.3, 0.4) is 0 Å². The second-order valence-electron chi connectivity index (χ2n) is 16.3. The van der Waals surface area contributed by atoms with Gasteiger partial charge in [0.25, 0.3) is 0 Å². The van der Waals surface area contributed by atoms with E-state index in [1.807, 2.05) is 0 Å². The molecule has 0 atom stereocenters. The lowest BCUT2D eigenvalue weighted by molar-refractivity contribution is 1.18. The average Bonchev–Trinajstić information content (AvgIpc) is 4.08. The van der Waals surface area contributed by atoms with Crippen LogP contribution in [0.2, 0.25) is 0 Å². The molecule has 4 heteroatoms. The van der Waals surface area contributed by atoms with Crippen molar-refractivity contribution < 1.29 is 0 Å². The number of hydrogen-bond acceptors (Lipinski definition) is 1. The van der Waals surface area contributed by atoms with Crippen LogP contribution in [0.25, 0.3) is 136 Å². The third kappa shape index (κ3) is 3.56. The molecule has 15 rings (SSSR count). The Morgan fingerprint density at radius 2 is 0.949 bits per heavy atom. The highest BCUT2D eigenvalue weighted by Crippen LogP contribution is 2.50. The third-order valence-electron chi connectivity index (χ3n) is 13.5. The van der Waals surface area contributed by atoms with Gasteiger partial charge >= 0.3 is 0 Å². The van der Waals surface area contributed by atoms with Gasteiger partial charge in [0.15, 0.2) is 0 Å². The monoisotopic (exact) mass is 746 g/mol. The quantitative estimate of drug-likeness (QED) is 0.173. The summed E-state index contributed by atoms with van der Waals surface area (Å²) in [5, 5.41) is 17.7. The van der Waals surface area contributed by atoms with Crippen LogP contribution in [0.4, 0.5) is 0 Å². The van der Waals surface area contributed by atoms with Gasteiger partial charge in [-0.1, -0.05) is 127 Å². The van der Waals surface area contributed by atoms with E-state index in [2.05, 4.69) is 195 Å². The maximum Gasteiger partial charge on any atom is 0.146 e. The van der Waals surface area contributed by atoms with Gasteiger partial charge in [0.1, 0.15) is 5.65 Å². The van der Waals surface area contributed by atoms with Crippen LogP contribution in [0.1, 0.15) is 0 Å². The Morgan fingerprint density at radius 1 is 0.339 bits per heavy atom. The van der Waals surface area contributed by atoms with E-state index < -0.39 is 0 Å². The van der Waals surface area contributed by atoms with Crippen molar-refractivity contribution in [1.82, 2.24) is 18.4 Å². The van der Waals surface area contributed by atoms with Gasteiger partial charge in [-0.05, 0) is 75.6 Å². The summed E-state index contributed by atoms with van der Waals surface area (Å²) in [6.45, 7) is 0. The molecule has 0 N–H and O–H groups in total. The van der Waals surface area contributed by atoms with Gasteiger partial charge in [0.2, 0.25) is 0 Å². The molecule has 0 amide bonds. The molecular formula is C55H30N4. The van der Waals surface area contributed by atoms with E-state index in [4.69, 9.17) is 4.98 Å². The van der Waals surface area contributed by atoms with Gasteiger partial charge in [-0.3, -0.25) is 4.40 Å². The van der Waals surface area contributed by atoms with E-state index in [1.165, 1.54) is 125 Å². The van der Waals surface area contributed by atoms with Gasteiger partial charge in [0.05, 0.1) is 44.8 Å². The summed E-state index contributed by atoms with van der Waals surface area (Å²) in [5.41, 5.74) is 13.1. The van der Waals surface area contributed by atoms with E-state index in [0.29, 0.717) is 0 Å². The fourth-order valence-electron chi connectivity index (χ4n) is 11.2. The zero-order chi connectivity index (χ0) is 38.1. The zero-order valence-corrected chi connectivity index (χ0v) is 31.6. The normalized spacial score (nSPS) is 12.7. The Balaban J connectivity index is 1.13. The van der Waals surface area contributed by atoms with E-state index in [1.54, 1.807) is 0 Å². The van der Waals surface area contributed by atoms with E-state index in [0.717, 1.165) is 11.2 Å². The molecule has 270 valence electrons. The molecule has 6 aromatic heterocycles. The van der Waals surface area contributed by atoms with Crippen molar-refractivity contribution in [2.75, 3.05) is 0 Å². The topological polar surface area (TPSA) is 26.6 Å². The molecule has 0 unspecified atom stereocenters. The first-order chi connectivity index (χ1) is 29.3. The molecule has 15 aromatic rings. The molecule has 6 heterocycles.